The van der Waals surface area contributed by atoms with Crippen LogP contribution in [0.25, 0.3) is 0 Å². The van der Waals surface area contributed by atoms with E-state index in [1.807, 2.05) is 4.90 Å². The highest BCUT2D eigenvalue weighted by Gasteiger charge is 2.20. The molecule has 0 atom stereocenters. The molecule has 1 aliphatic heterocycles. The first-order chi connectivity index (χ1) is 11.9. The van der Waals surface area contributed by atoms with Crippen LogP contribution in [0.2, 0.25) is 0 Å². The minimum atomic E-state index is -1.42. The first kappa shape index (κ1) is 19.5. The van der Waals surface area contributed by atoms with Crippen LogP contribution in [0, 0.1) is 29.2 Å². The highest BCUT2D eigenvalue weighted by atomic mass is 19.2. The molecule has 1 aromatic carbocycles. The van der Waals surface area contributed by atoms with Crippen molar-refractivity contribution in [2.75, 3.05) is 33.9 Å². The maximum absolute atomic E-state index is 13.7. The molecular formula is C17H23F4N3O. The second-order valence-corrected chi connectivity index (χ2v) is 6.11. The normalized spacial score (nSPS) is 16.2. The van der Waals surface area contributed by atoms with E-state index in [2.05, 4.69) is 10.3 Å². The topological polar surface area (TPSA) is 36.9 Å². The van der Waals surface area contributed by atoms with Crippen molar-refractivity contribution in [3.8, 4) is 0 Å². The molecule has 140 valence electrons. The van der Waals surface area contributed by atoms with Gasteiger partial charge in [-0.05, 0) is 25.2 Å². The van der Waals surface area contributed by atoms with Gasteiger partial charge in [0.1, 0.15) is 0 Å². The van der Waals surface area contributed by atoms with E-state index >= 15 is 0 Å². The van der Waals surface area contributed by atoms with Crippen LogP contribution in [-0.2, 0) is 11.3 Å². The summed E-state index contributed by atoms with van der Waals surface area (Å²) in [6, 6.07) is 0.197. The van der Waals surface area contributed by atoms with Gasteiger partial charge in [-0.3, -0.25) is 4.99 Å². The molecule has 0 radical (unpaired) electrons. The summed E-state index contributed by atoms with van der Waals surface area (Å²) >= 11 is 0. The summed E-state index contributed by atoms with van der Waals surface area (Å²) in [4.78, 5) is 5.87. The van der Waals surface area contributed by atoms with E-state index in [9.17, 15) is 17.6 Å². The van der Waals surface area contributed by atoms with Crippen LogP contribution >= 0.6 is 0 Å². The van der Waals surface area contributed by atoms with Crippen molar-refractivity contribution in [1.82, 2.24) is 10.2 Å². The van der Waals surface area contributed by atoms with E-state index in [0.717, 1.165) is 32.5 Å². The zero-order valence-corrected chi connectivity index (χ0v) is 14.4. The van der Waals surface area contributed by atoms with Crippen LogP contribution in [-0.4, -0.2) is 44.7 Å². The van der Waals surface area contributed by atoms with E-state index in [4.69, 9.17) is 4.74 Å². The van der Waals surface area contributed by atoms with Crippen molar-refractivity contribution in [2.24, 2.45) is 10.9 Å². The first-order valence-electron chi connectivity index (χ1n) is 8.25. The average Bonchev–Trinajstić information content (AvgIpc) is 2.62. The van der Waals surface area contributed by atoms with Crippen LogP contribution in [0.5, 0.6) is 0 Å². The lowest BCUT2D eigenvalue weighted by Gasteiger charge is -2.27. The Kier molecular flexibility index (Phi) is 7.04. The Labute approximate surface area is 144 Å². The lowest BCUT2D eigenvalue weighted by molar-refractivity contribution is 0.0625. The lowest BCUT2D eigenvalue weighted by atomic mass is 9.96. The van der Waals surface area contributed by atoms with Crippen molar-refractivity contribution in [1.29, 1.82) is 0 Å². The molecule has 1 heterocycles. The fourth-order valence-corrected chi connectivity index (χ4v) is 2.85. The second kappa shape index (κ2) is 9.03. The van der Waals surface area contributed by atoms with Gasteiger partial charge in [0, 0.05) is 52.0 Å². The summed E-state index contributed by atoms with van der Waals surface area (Å²) in [5.74, 6) is -4.66. The summed E-state index contributed by atoms with van der Waals surface area (Å²) < 4.78 is 59.2. The van der Waals surface area contributed by atoms with Gasteiger partial charge in [0.05, 0.1) is 0 Å². The number of nitrogens with zero attached hydrogens (tertiary/aromatic N) is 2. The average molecular weight is 361 g/mol. The van der Waals surface area contributed by atoms with E-state index in [-0.39, 0.29) is 6.07 Å². The van der Waals surface area contributed by atoms with E-state index in [1.54, 1.807) is 7.05 Å². The lowest BCUT2D eigenvalue weighted by Crippen LogP contribution is -2.40. The van der Waals surface area contributed by atoms with E-state index in [1.165, 1.54) is 7.05 Å². The maximum Gasteiger partial charge on any atom is 0.193 e. The van der Waals surface area contributed by atoms with Gasteiger partial charge in [0.2, 0.25) is 0 Å². The molecule has 0 unspecified atom stereocenters. The van der Waals surface area contributed by atoms with Crippen LogP contribution in [0.3, 0.4) is 0 Å². The third-order valence-electron chi connectivity index (χ3n) is 4.41. The number of guanidine groups is 1. The van der Waals surface area contributed by atoms with Crippen LogP contribution in [0.15, 0.2) is 11.1 Å². The Hall–Kier alpha value is -1.83. The van der Waals surface area contributed by atoms with Crippen molar-refractivity contribution < 1.29 is 22.3 Å². The summed E-state index contributed by atoms with van der Waals surface area (Å²) in [6.07, 6.45) is 2.97. The zero-order chi connectivity index (χ0) is 18.4. The predicted octanol–water partition coefficient (Wildman–Crippen LogP) is 3.07. The molecular weight excluding hydrogens is 338 g/mol. The van der Waals surface area contributed by atoms with Crippen molar-refractivity contribution in [3.05, 3.63) is 34.9 Å². The van der Waals surface area contributed by atoms with Gasteiger partial charge in [-0.25, -0.2) is 17.6 Å². The zero-order valence-electron chi connectivity index (χ0n) is 14.4. The van der Waals surface area contributed by atoms with Crippen LogP contribution in [0.1, 0.15) is 24.8 Å². The van der Waals surface area contributed by atoms with Crippen molar-refractivity contribution >= 4 is 5.96 Å². The van der Waals surface area contributed by atoms with Gasteiger partial charge in [0.25, 0.3) is 0 Å². The molecule has 8 heteroatoms. The predicted molar refractivity (Wildman–Crippen MR) is 87.3 cm³/mol. The first-order valence-corrected chi connectivity index (χ1v) is 8.25. The smallest absolute Gasteiger partial charge is 0.193 e. The maximum atomic E-state index is 13.7. The molecule has 1 fully saturated rings. The van der Waals surface area contributed by atoms with Crippen molar-refractivity contribution in [3.63, 3.8) is 0 Å². The monoisotopic (exact) mass is 361 g/mol. The van der Waals surface area contributed by atoms with Crippen LogP contribution in [0.4, 0.5) is 17.6 Å². The summed E-state index contributed by atoms with van der Waals surface area (Å²) in [5.41, 5.74) is -0.684. The third kappa shape index (κ3) is 5.07. The molecule has 1 aliphatic rings. The summed E-state index contributed by atoms with van der Waals surface area (Å²) in [7, 11) is 3.33. The van der Waals surface area contributed by atoms with Gasteiger partial charge >= 0.3 is 0 Å². The van der Waals surface area contributed by atoms with Gasteiger partial charge < -0.3 is 15.0 Å². The molecule has 2 rings (SSSR count). The van der Waals surface area contributed by atoms with E-state index < -0.39 is 35.4 Å². The fourth-order valence-electron chi connectivity index (χ4n) is 2.85. The number of aliphatic imine (C=N–C) groups is 1. The van der Waals surface area contributed by atoms with Gasteiger partial charge in [-0.2, -0.15) is 0 Å². The van der Waals surface area contributed by atoms with Crippen LogP contribution < -0.4 is 5.32 Å². The molecule has 1 N–H and O–H groups in total. The molecule has 0 amide bonds. The molecule has 0 saturated carbocycles. The van der Waals surface area contributed by atoms with Gasteiger partial charge in [0.15, 0.2) is 29.2 Å². The summed E-state index contributed by atoms with van der Waals surface area (Å²) in [6.45, 7) is 1.84. The summed E-state index contributed by atoms with van der Waals surface area (Å²) in [5, 5.41) is 2.75. The van der Waals surface area contributed by atoms with Gasteiger partial charge in [-0.1, -0.05) is 0 Å². The Morgan fingerprint density at radius 1 is 1.20 bits per heavy atom. The highest BCUT2D eigenvalue weighted by molar-refractivity contribution is 5.79. The Balaban J connectivity index is 1.93. The molecule has 4 nitrogen and oxygen atoms in total. The standard InChI is InChI=1S/C17H23F4N3O/c1-22-17(24(2)6-3-11-4-7-25-8-5-11)23-10-12-15(20)13(18)9-14(19)16(12)21/h9,11H,3-8,10H2,1-2H3,(H,22,23). The number of halogens is 4. The largest absolute Gasteiger partial charge is 0.381 e. The minimum absolute atomic E-state index is 0.197. The Morgan fingerprint density at radius 3 is 2.36 bits per heavy atom. The number of nitrogens with one attached hydrogen (secondary N) is 1. The highest BCUT2D eigenvalue weighted by Crippen LogP contribution is 2.20. The molecule has 25 heavy (non-hydrogen) atoms. The van der Waals surface area contributed by atoms with Gasteiger partial charge in [-0.15, -0.1) is 0 Å². The fraction of sp³-hybridized carbons (Fsp3) is 0.588. The number of benzene rings is 1. The van der Waals surface area contributed by atoms with E-state index in [0.29, 0.717) is 18.4 Å². The molecule has 0 spiro atoms. The Bertz CT molecular complexity index is 592. The number of hydrogen-bond donors (Lipinski definition) is 1. The third-order valence-corrected chi connectivity index (χ3v) is 4.41. The number of hydrogen-bond acceptors (Lipinski definition) is 2. The molecule has 0 aliphatic carbocycles. The quantitative estimate of drug-likeness (QED) is 0.379. The SMILES string of the molecule is CN=C(NCc1c(F)c(F)cc(F)c1F)N(C)CCC1CCOCC1. The molecule has 1 aromatic rings. The second-order valence-electron chi connectivity index (χ2n) is 6.11. The molecule has 0 aromatic heterocycles. The molecule has 1 saturated heterocycles. The molecule has 0 bridgehead atoms. The van der Waals surface area contributed by atoms with Crippen molar-refractivity contribution in [2.45, 2.75) is 25.8 Å². The Morgan fingerprint density at radius 2 is 1.80 bits per heavy atom. The number of rotatable bonds is 5. The minimum Gasteiger partial charge on any atom is -0.381 e. The number of ether oxygens (including phenoxy) is 1.